The number of methoxy groups -OCH3 is 1. The number of allylic oxidation sites excluding steroid dienone is 1. The number of aromatic nitrogens is 5. The van der Waals surface area contributed by atoms with E-state index in [9.17, 15) is 4.79 Å². The quantitative estimate of drug-likeness (QED) is 0.324. The fourth-order valence-electron chi connectivity index (χ4n) is 3.77. The van der Waals surface area contributed by atoms with Gasteiger partial charge in [0.05, 0.1) is 47.5 Å². The number of hydrogen-bond acceptors (Lipinski definition) is 6. The molecule has 174 valence electrons. The van der Waals surface area contributed by atoms with E-state index >= 15 is 0 Å². The topological polar surface area (TPSA) is 91.3 Å². The van der Waals surface area contributed by atoms with Crippen molar-refractivity contribution in [3.05, 3.63) is 70.0 Å². The Hall–Kier alpha value is -3.72. The molecule has 33 heavy (non-hydrogen) atoms. The zero-order valence-corrected chi connectivity index (χ0v) is 20.2. The van der Waals surface area contributed by atoms with Crippen LogP contribution in [0.4, 0.5) is 0 Å². The van der Waals surface area contributed by atoms with Crippen LogP contribution in [0.1, 0.15) is 23.9 Å². The normalized spacial score (nSPS) is 13.5. The number of pyridine rings is 1. The molecular formula is C24H31N7O2. The predicted molar refractivity (Wildman–Crippen MR) is 133 cm³/mol. The van der Waals surface area contributed by atoms with Gasteiger partial charge in [0.2, 0.25) is 0 Å². The molecule has 0 aliphatic rings. The second-order valence-corrected chi connectivity index (χ2v) is 7.74. The molecule has 0 fully saturated rings. The summed E-state index contributed by atoms with van der Waals surface area (Å²) in [5, 5.41) is 7.58. The van der Waals surface area contributed by atoms with Crippen LogP contribution in [0.2, 0.25) is 0 Å². The first-order valence-electron chi connectivity index (χ1n) is 10.6. The van der Waals surface area contributed by atoms with E-state index in [2.05, 4.69) is 27.0 Å². The van der Waals surface area contributed by atoms with Gasteiger partial charge in [-0.2, -0.15) is 5.10 Å². The van der Waals surface area contributed by atoms with Gasteiger partial charge in [-0.1, -0.05) is 12.7 Å². The SMILES string of the molecule is C=C(/C(=C\c1ncc2c(c1C)n(-c1cn(C)nc1C)c(=O)n2C)OC)C(C=N/C=C/C)NC. The van der Waals surface area contributed by atoms with Crippen molar-refractivity contribution < 1.29 is 4.74 Å². The van der Waals surface area contributed by atoms with Gasteiger partial charge < -0.3 is 10.1 Å². The van der Waals surface area contributed by atoms with E-state index in [1.807, 2.05) is 53.2 Å². The Morgan fingerprint density at radius 2 is 2.06 bits per heavy atom. The van der Waals surface area contributed by atoms with E-state index < -0.39 is 0 Å². The van der Waals surface area contributed by atoms with Crippen molar-refractivity contribution in [2.75, 3.05) is 14.2 Å². The largest absolute Gasteiger partial charge is 0.496 e. The van der Waals surface area contributed by atoms with Gasteiger partial charge in [-0.05, 0) is 27.8 Å². The zero-order chi connectivity index (χ0) is 24.3. The van der Waals surface area contributed by atoms with Crippen molar-refractivity contribution in [2.24, 2.45) is 19.1 Å². The van der Waals surface area contributed by atoms with E-state index in [0.717, 1.165) is 28.0 Å². The predicted octanol–water partition coefficient (Wildman–Crippen LogP) is 2.81. The fourth-order valence-corrected chi connectivity index (χ4v) is 3.77. The van der Waals surface area contributed by atoms with Crippen molar-refractivity contribution in [1.29, 1.82) is 0 Å². The van der Waals surface area contributed by atoms with Gasteiger partial charge >= 0.3 is 5.69 Å². The van der Waals surface area contributed by atoms with Crippen LogP contribution < -0.4 is 11.0 Å². The highest BCUT2D eigenvalue weighted by Crippen LogP contribution is 2.26. The van der Waals surface area contributed by atoms with Crippen LogP contribution in [0.15, 0.2) is 52.4 Å². The number of ether oxygens (including phenoxy) is 1. The lowest BCUT2D eigenvalue weighted by molar-refractivity contribution is 0.301. The highest BCUT2D eigenvalue weighted by molar-refractivity contribution is 5.84. The number of nitrogens with zero attached hydrogens (tertiary/aromatic N) is 6. The Bertz CT molecular complexity index is 1340. The molecule has 9 heteroatoms. The molecule has 0 spiro atoms. The summed E-state index contributed by atoms with van der Waals surface area (Å²) < 4.78 is 10.6. The van der Waals surface area contributed by atoms with Gasteiger partial charge in [-0.25, -0.2) is 4.79 Å². The van der Waals surface area contributed by atoms with Gasteiger partial charge in [0, 0.05) is 49.9 Å². The minimum absolute atomic E-state index is 0.154. The molecule has 3 heterocycles. The Morgan fingerprint density at radius 3 is 2.64 bits per heavy atom. The summed E-state index contributed by atoms with van der Waals surface area (Å²) in [6.45, 7) is 9.93. The third-order valence-electron chi connectivity index (χ3n) is 5.56. The monoisotopic (exact) mass is 449 g/mol. The van der Waals surface area contributed by atoms with Gasteiger partial charge in [-0.15, -0.1) is 0 Å². The molecule has 1 unspecified atom stereocenters. The fraction of sp³-hybridized carbons (Fsp3) is 0.333. The molecular weight excluding hydrogens is 418 g/mol. The molecule has 0 saturated carbocycles. The van der Waals surface area contributed by atoms with E-state index in [0.29, 0.717) is 17.0 Å². The third-order valence-corrected chi connectivity index (χ3v) is 5.56. The summed E-state index contributed by atoms with van der Waals surface area (Å²) in [6.07, 6.45) is 10.7. The molecule has 1 atom stereocenters. The first-order valence-corrected chi connectivity index (χ1v) is 10.6. The number of aryl methyl sites for hydroxylation is 4. The van der Waals surface area contributed by atoms with Crippen molar-refractivity contribution >= 4 is 23.3 Å². The first-order chi connectivity index (χ1) is 15.7. The highest BCUT2D eigenvalue weighted by Gasteiger charge is 2.20. The smallest absolute Gasteiger partial charge is 0.333 e. The summed E-state index contributed by atoms with van der Waals surface area (Å²) in [5.74, 6) is 0.568. The maximum absolute atomic E-state index is 13.1. The Balaban J connectivity index is 2.18. The van der Waals surface area contributed by atoms with Crippen LogP contribution in [0, 0.1) is 13.8 Å². The van der Waals surface area contributed by atoms with Crippen molar-refractivity contribution in [1.82, 2.24) is 29.2 Å². The molecule has 0 aliphatic carbocycles. The number of nitrogens with one attached hydrogen (secondary N) is 1. The summed E-state index contributed by atoms with van der Waals surface area (Å²) in [7, 11) is 7.01. The second kappa shape index (κ2) is 9.83. The van der Waals surface area contributed by atoms with Crippen molar-refractivity contribution in [3.63, 3.8) is 0 Å². The Kier molecular flexibility index (Phi) is 7.13. The highest BCUT2D eigenvalue weighted by atomic mass is 16.5. The number of fused-ring (bicyclic) bond motifs is 1. The van der Waals surface area contributed by atoms with E-state index in [1.165, 1.54) is 0 Å². The summed E-state index contributed by atoms with van der Waals surface area (Å²) >= 11 is 0. The average Bonchev–Trinajstić information content (AvgIpc) is 3.25. The number of imidazole rings is 1. The van der Waals surface area contributed by atoms with E-state index in [4.69, 9.17) is 4.74 Å². The van der Waals surface area contributed by atoms with E-state index in [-0.39, 0.29) is 11.7 Å². The van der Waals surface area contributed by atoms with Gasteiger partial charge in [-0.3, -0.25) is 23.8 Å². The number of hydrogen-bond donors (Lipinski definition) is 1. The molecule has 0 bridgehead atoms. The summed E-state index contributed by atoms with van der Waals surface area (Å²) in [6, 6.07) is -0.218. The van der Waals surface area contributed by atoms with Crippen LogP contribution in [-0.2, 0) is 18.8 Å². The maximum Gasteiger partial charge on any atom is 0.333 e. The van der Waals surface area contributed by atoms with Crippen molar-refractivity contribution in [3.8, 4) is 5.69 Å². The number of rotatable bonds is 8. The lowest BCUT2D eigenvalue weighted by Gasteiger charge is -2.17. The Labute approximate surface area is 193 Å². The van der Waals surface area contributed by atoms with Crippen LogP contribution in [0.25, 0.3) is 22.8 Å². The minimum Gasteiger partial charge on any atom is -0.496 e. The standard InChI is InChI=1S/C24H31N7O2/c1-9-10-26-12-19(25-5)15(2)22(33-8)11-18-16(3)23-20(13-27-18)30(7)24(32)31(23)21-14-29(6)28-17(21)4/h9-14,19,25H,2H2,1,3-8H3/b10-9+,22-11+,26-12?. The molecule has 3 aromatic heterocycles. The molecule has 1 N–H and O–H groups in total. The Morgan fingerprint density at radius 1 is 1.33 bits per heavy atom. The lowest BCUT2D eigenvalue weighted by atomic mass is 10.1. The molecule has 9 nitrogen and oxygen atoms in total. The molecule has 0 radical (unpaired) electrons. The van der Waals surface area contributed by atoms with Crippen LogP contribution in [0.3, 0.4) is 0 Å². The maximum atomic E-state index is 13.1. The van der Waals surface area contributed by atoms with Gasteiger partial charge in [0.15, 0.2) is 0 Å². The average molecular weight is 450 g/mol. The van der Waals surface area contributed by atoms with Gasteiger partial charge in [0.25, 0.3) is 0 Å². The molecule has 0 amide bonds. The molecule has 3 rings (SSSR count). The lowest BCUT2D eigenvalue weighted by Crippen LogP contribution is -2.29. The third kappa shape index (κ3) is 4.45. The molecule has 0 aromatic carbocycles. The molecule has 0 aliphatic heterocycles. The zero-order valence-electron chi connectivity index (χ0n) is 20.2. The second-order valence-electron chi connectivity index (χ2n) is 7.74. The van der Waals surface area contributed by atoms with Gasteiger partial charge in [0.1, 0.15) is 5.76 Å². The molecule has 0 saturated heterocycles. The summed E-state index contributed by atoms with van der Waals surface area (Å²) in [5.41, 5.74) is 5.11. The van der Waals surface area contributed by atoms with Crippen molar-refractivity contribution in [2.45, 2.75) is 26.8 Å². The molecule has 3 aromatic rings. The van der Waals surface area contributed by atoms with Crippen LogP contribution in [0.5, 0.6) is 0 Å². The number of aliphatic imine (C=N–C) groups is 1. The summed E-state index contributed by atoms with van der Waals surface area (Å²) in [4.78, 5) is 22.0. The van der Waals surface area contributed by atoms with Crippen LogP contribution >= 0.6 is 0 Å². The first kappa shape index (κ1) is 23.9. The number of likely N-dealkylation sites (N-methyl/N-ethyl adjacent to an activating group) is 1. The van der Waals surface area contributed by atoms with E-state index in [1.54, 1.807) is 46.6 Å². The van der Waals surface area contributed by atoms with Crippen LogP contribution in [-0.4, -0.2) is 50.3 Å². The minimum atomic E-state index is -0.218.